The van der Waals surface area contributed by atoms with Crippen LogP contribution < -0.4 is 0 Å². The fourth-order valence-corrected chi connectivity index (χ4v) is 3.62. The zero-order chi connectivity index (χ0) is 15.0. The number of hydrogen-bond acceptors (Lipinski definition) is 4. The minimum Gasteiger partial charge on any atom is -0.305 e. The second-order valence-electron chi connectivity index (χ2n) is 4.59. The maximum atomic E-state index is 12.7. The quantitative estimate of drug-likeness (QED) is 0.839. The van der Waals surface area contributed by atoms with Gasteiger partial charge in [0.05, 0.1) is 12.3 Å². The number of fused-ring (bicyclic) bond motifs is 1. The number of rotatable bonds is 4. The summed E-state index contributed by atoms with van der Waals surface area (Å²) in [5, 5.41) is 6.57. The molecule has 114 valence electrons. The third-order valence-electron chi connectivity index (χ3n) is 3.12. The number of sulfonamides is 1. The van der Waals surface area contributed by atoms with E-state index in [1.807, 2.05) is 6.92 Å². The molecule has 0 saturated heterocycles. The molecule has 20 heavy (non-hydrogen) atoms. The zero-order valence-corrected chi connectivity index (χ0v) is 11.7. The lowest BCUT2D eigenvalue weighted by Crippen LogP contribution is -2.40. The molecule has 0 saturated carbocycles. The third-order valence-corrected chi connectivity index (χ3v) is 5.02. The molecule has 10 heteroatoms. The fraction of sp³-hybridized carbons (Fsp3) is 0.800. The van der Waals surface area contributed by atoms with Crippen molar-refractivity contribution in [2.75, 3.05) is 12.3 Å². The van der Waals surface area contributed by atoms with E-state index in [2.05, 4.69) is 10.2 Å². The number of nitrogens with zero attached hydrogens (tertiary/aromatic N) is 4. The Kier molecular flexibility index (Phi) is 4.05. The molecule has 0 atom stereocenters. The van der Waals surface area contributed by atoms with Gasteiger partial charge in [0.25, 0.3) is 0 Å². The van der Waals surface area contributed by atoms with Crippen LogP contribution in [0.15, 0.2) is 0 Å². The van der Waals surface area contributed by atoms with Crippen LogP contribution >= 0.6 is 0 Å². The predicted octanol–water partition coefficient (Wildman–Crippen LogP) is 1.24. The van der Waals surface area contributed by atoms with Crippen molar-refractivity contribution in [3.63, 3.8) is 0 Å². The van der Waals surface area contributed by atoms with E-state index in [1.54, 1.807) is 0 Å². The van der Waals surface area contributed by atoms with Crippen molar-refractivity contribution in [1.82, 2.24) is 19.1 Å². The first-order valence-electron chi connectivity index (χ1n) is 6.23. The van der Waals surface area contributed by atoms with Crippen LogP contribution in [0.2, 0.25) is 0 Å². The van der Waals surface area contributed by atoms with E-state index >= 15 is 0 Å². The molecule has 1 aromatic heterocycles. The van der Waals surface area contributed by atoms with Crippen molar-refractivity contribution in [3.05, 3.63) is 11.6 Å². The fourth-order valence-electron chi connectivity index (χ4n) is 2.04. The van der Waals surface area contributed by atoms with Crippen molar-refractivity contribution in [2.45, 2.75) is 39.0 Å². The summed E-state index contributed by atoms with van der Waals surface area (Å²) in [5.41, 5.74) is 0. The Morgan fingerprint density at radius 2 is 1.95 bits per heavy atom. The second-order valence-corrected chi connectivity index (χ2v) is 6.68. The van der Waals surface area contributed by atoms with Gasteiger partial charge in [-0.3, -0.25) is 0 Å². The summed E-state index contributed by atoms with van der Waals surface area (Å²) in [6, 6.07) is 0. The maximum Gasteiger partial charge on any atom is 0.451 e. The van der Waals surface area contributed by atoms with Crippen LogP contribution in [0.4, 0.5) is 13.2 Å². The monoisotopic (exact) mass is 312 g/mol. The van der Waals surface area contributed by atoms with E-state index < -0.39 is 22.0 Å². The molecule has 2 rings (SSSR count). The smallest absolute Gasteiger partial charge is 0.305 e. The lowest BCUT2D eigenvalue weighted by molar-refractivity contribution is -0.147. The Balaban J connectivity index is 2.19. The van der Waals surface area contributed by atoms with Crippen LogP contribution in [0.5, 0.6) is 0 Å². The molecule has 0 spiro atoms. The van der Waals surface area contributed by atoms with Crippen molar-refractivity contribution >= 4 is 10.0 Å². The summed E-state index contributed by atoms with van der Waals surface area (Å²) in [7, 11) is -3.44. The normalized spacial score (nSPS) is 17.2. The van der Waals surface area contributed by atoms with Gasteiger partial charge in [-0.1, -0.05) is 13.3 Å². The number of alkyl halides is 3. The summed E-state index contributed by atoms with van der Waals surface area (Å²) in [6.07, 6.45) is -3.31. The van der Waals surface area contributed by atoms with E-state index in [9.17, 15) is 21.6 Å². The molecule has 6 nitrogen and oxygen atoms in total. The third kappa shape index (κ3) is 2.95. The first-order chi connectivity index (χ1) is 9.25. The Labute approximate surface area is 114 Å². The highest BCUT2D eigenvalue weighted by Gasteiger charge is 2.40. The predicted molar refractivity (Wildman–Crippen MR) is 64.1 cm³/mol. The summed E-state index contributed by atoms with van der Waals surface area (Å²) in [4.78, 5) is 0. The highest BCUT2D eigenvalue weighted by molar-refractivity contribution is 7.89. The van der Waals surface area contributed by atoms with Gasteiger partial charge in [-0.25, -0.2) is 8.42 Å². The van der Waals surface area contributed by atoms with Gasteiger partial charge in [0.15, 0.2) is 0 Å². The number of aromatic nitrogens is 3. The molecule has 0 radical (unpaired) electrons. The highest BCUT2D eigenvalue weighted by Crippen LogP contribution is 2.29. The first-order valence-corrected chi connectivity index (χ1v) is 7.83. The molecule has 2 heterocycles. The Morgan fingerprint density at radius 3 is 2.55 bits per heavy atom. The van der Waals surface area contributed by atoms with Crippen molar-refractivity contribution < 1.29 is 21.6 Å². The highest BCUT2D eigenvalue weighted by atomic mass is 32.2. The lowest BCUT2D eigenvalue weighted by atomic mass is 10.4. The Morgan fingerprint density at radius 1 is 1.25 bits per heavy atom. The number of unbranched alkanes of at least 4 members (excludes halogenated alkanes) is 1. The van der Waals surface area contributed by atoms with E-state index in [1.165, 1.54) is 4.31 Å². The molecule has 1 aliphatic heterocycles. The molecular formula is C10H15F3N4O2S. The van der Waals surface area contributed by atoms with Gasteiger partial charge in [0.2, 0.25) is 15.8 Å². The molecule has 0 N–H and O–H groups in total. The molecule has 0 unspecified atom stereocenters. The van der Waals surface area contributed by atoms with E-state index in [0.717, 1.165) is 11.0 Å². The summed E-state index contributed by atoms with van der Waals surface area (Å²) in [6.45, 7) is 1.65. The van der Waals surface area contributed by atoms with Gasteiger partial charge in [0.1, 0.15) is 5.82 Å². The van der Waals surface area contributed by atoms with Gasteiger partial charge in [-0.15, -0.1) is 10.2 Å². The number of halogens is 3. The molecule has 0 amide bonds. The standard InChI is InChI=1S/C10H15F3N4O2S/c1-2-3-6-20(18,19)16-4-5-17-8(7-16)14-15-9(17)10(11,12)13/h2-7H2,1H3. The Bertz CT molecular complexity index is 582. The second kappa shape index (κ2) is 5.32. The molecule has 0 fully saturated rings. The van der Waals surface area contributed by atoms with Crippen LogP contribution in [0.3, 0.4) is 0 Å². The molecule has 0 bridgehead atoms. The van der Waals surface area contributed by atoms with Gasteiger partial charge in [-0.2, -0.15) is 17.5 Å². The lowest BCUT2D eigenvalue weighted by Gasteiger charge is -2.27. The van der Waals surface area contributed by atoms with Crippen LogP contribution in [0, 0.1) is 0 Å². The van der Waals surface area contributed by atoms with E-state index in [-0.39, 0.29) is 31.2 Å². The SMILES string of the molecule is CCCCS(=O)(=O)N1CCn2c(nnc2C(F)(F)F)C1. The summed E-state index contributed by atoms with van der Waals surface area (Å²) < 4.78 is 64.1. The molecule has 0 aliphatic carbocycles. The van der Waals surface area contributed by atoms with Crippen molar-refractivity contribution in [1.29, 1.82) is 0 Å². The largest absolute Gasteiger partial charge is 0.451 e. The van der Waals surface area contributed by atoms with Crippen molar-refractivity contribution in [2.24, 2.45) is 0 Å². The van der Waals surface area contributed by atoms with Gasteiger partial charge in [-0.05, 0) is 6.42 Å². The van der Waals surface area contributed by atoms with E-state index in [0.29, 0.717) is 6.42 Å². The average molecular weight is 312 g/mol. The summed E-state index contributed by atoms with van der Waals surface area (Å²) >= 11 is 0. The first kappa shape index (κ1) is 15.2. The van der Waals surface area contributed by atoms with Crippen LogP contribution in [-0.2, 0) is 29.3 Å². The molecule has 0 aromatic carbocycles. The number of hydrogen-bond donors (Lipinski definition) is 0. The van der Waals surface area contributed by atoms with Gasteiger partial charge < -0.3 is 4.57 Å². The minimum absolute atomic E-state index is 0.00374. The Hall–Kier alpha value is -1.16. The van der Waals surface area contributed by atoms with Crippen LogP contribution in [-0.4, -0.2) is 39.8 Å². The summed E-state index contributed by atoms with van der Waals surface area (Å²) in [5.74, 6) is -1.04. The minimum atomic E-state index is -4.57. The maximum absolute atomic E-state index is 12.7. The van der Waals surface area contributed by atoms with Gasteiger partial charge >= 0.3 is 6.18 Å². The topological polar surface area (TPSA) is 68.1 Å². The zero-order valence-electron chi connectivity index (χ0n) is 10.9. The van der Waals surface area contributed by atoms with E-state index in [4.69, 9.17) is 0 Å². The average Bonchev–Trinajstić information content (AvgIpc) is 2.79. The van der Waals surface area contributed by atoms with Gasteiger partial charge in [0, 0.05) is 13.1 Å². The molecular weight excluding hydrogens is 297 g/mol. The van der Waals surface area contributed by atoms with Crippen LogP contribution in [0.25, 0.3) is 0 Å². The van der Waals surface area contributed by atoms with Crippen LogP contribution in [0.1, 0.15) is 31.4 Å². The molecule has 1 aromatic rings. The van der Waals surface area contributed by atoms with Crippen molar-refractivity contribution in [3.8, 4) is 0 Å². The molecule has 1 aliphatic rings.